The third kappa shape index (κ3) is 3.66. The number of hydrogen-bond acceptors (Lipinski definition) is 4. The highest BCUT2D eigenvalue weighted by Crippen LogP contribution is 2.15. The molecule has 1 unspecified atom stereocenters. The van der Waals surface area contributed by atoms with E-state index in [1.165, 1.54) is 6.33 Å². The summed E-state index contributed by atoms with van der Waals surface area (Å²) in [7, 11) is 0. The largest absolute Gasteiger partial charge is 0.388 e. The summed E-state index contributed by atoms with van der Waals surface area (Å²) >= 11 is 0. The Labute approximate surface area is 123 Å². The number of nitrogens with zero attached hydrogens (tertiary/aromatic N) is 3. The van der Waals surface area contributed by atoms with Gasteiger partial charge in [0.15, 0.2) is 0 Å². The molecule has 112 valence electrons. The molecule has 0 saturated carbocycles. The lowest BCUT2D eigenvalue weighted by Crippen LogP contribution is -2.44. The third-order valence-corrected chi connectivity index (χ3v) is 3.66. The lowest BCUT2D eigenvalue weighted by molar-refractivity contribution is 0.0142. The summed E-state index contributed by atoms with van der Waals surface area (Å²) in [6, 6.07) is 7.03. The van der Waals surface area contributed by atoms with Crippen LogP contribution in [0, 0.1) is 5.92 Å². The van der Waals surface area contributed by atoms with Gasteiger partial charge in [0.05, 0.1) is 11.3 Å². The van der Waals surface area contributed by atoms with Crippen molar-refractivity contribution in [2.45, 2.75) is 26.4 Å². The SMILES string of the molecule is CC(C)C(C)(O)CNC(=O)c1ccc(-n2cncn2)cc1. The minimum atomic E-state index is -0.920. The Morgan fingerprint density at radius 3 is 2.57 bits per heavy atom. The molecular weight excluding hydrogens is 268 g/mol. The Bertz CT molecular complexity index is 589. The summed E-state index contributed by atoms with van der Waals surface area (Å²) in [4.78, 5) is 15.9. The van der Waals surface area contributed by atoms with Crippen molar-refractivity contribution in [2.24, 2.45) is 5.92 Å². The molecule has 2 N–H and O–H groups in total. The highest BCUT2D eigenvalue weighted by molar-refractivity contribution is 5.94. The van der Waals surface area contributed by atoms with E-state index in [0.29, 0.717) is 5.56 Å². The Hall–Kier alpha value is -2.21. The van der Waals surface area contributed by atoms with Crippen LogP contribution in [0.4, 0.5) is 0 Å². The van der Waals surface area contributed by atoms with Crippen molar-refractivity contribution < 1.29 is 9.90 Å². The van der Waals surface area contributed by atoms with Crippen LogP contribution >= 0.6 is 0 Å². The molecule has 0 bridgehead atoms. The van der Waals surface area contributed by atoms with E-state index in [0.717, 1.165) is 5.69 Å². The van der Waals surface area contributed by atoms with Crippen molar-refractivity contribution in [2.75, 3.05) is 6.54 Å². The van der Waals surface area contributed by atoms with Crippen LogP contribution in [0.25, 0.3) is 5.69 Å². The average molecular weight is 288 g/mol. The lowest BCUT2D eigenvalue weighted by atomic mass is 9.92. The highest BCUT2D eigenvalue weighted by Gasteiger charge is 2.25. The number of carbonyl (C=O) groups excluding carboxylic acids is 1. The van der Waals surface area contributed by atoms with Crippen LogP contribution in [0.15, 0.2) is 36.9 Å². The molecule has 6 nitrogen and oxygen atoms in total. The summed E-state index contributed by atoms with van der Waals surface area (Å²) in [5.74, 6) is -0.145. The van der Waals surface area contributed by atoms with Crippen LogP contribution in [0.3, 0.4) is 0 Å². The van der Waals surface area contributed by atoms with Crippen molar-refractivity contribution in [1.29, 1.82) is 0 Å². The molecule has 1 aromatic carbocycles. The Morgan fingerprint density at radius 1 is 1.38 bits per heavy atom. The van der Waals surface area contributed by atoms with E-state index >= 15 is 0 Å². The first-order chi connectivity index (χ1) is 9.90. The van der Waals surface area contributed by atoms with Crippen molar-refractivity contribution in [3.63, 3.8) is 0 Å². The molecule has 6 heteroatoms. The molecule has 1 heterocycles. The zero-order valence-corrected chi connectivity index (χ0v) is 12.4. The molecule has 2 rings (SSSR count). The van der Waals surface area contributed by atoms with Crippen LogP contribution in [0.5, 0.6) is 0 Å². The van der Waals surface area contributed by atoms with E-state index in [-0.39, 0.29) is 18.4 Å². The van der Waals surface area contributed by atoms with Gasteiger partial charge in [-0.3, -0.25) is 4.79 Å². The van der Waals surface area contributed by atoms with Gasteiger partial charge in [0.1, 0.15) is 12.7 Å². The summed E-state index contributed by atoms with van der Waals surface area (Å²) in [5.41, 5.74) is 0.452. The van der Waals surface area contributed by atoms with Crippen LogP contribution in [0.2, 0.25) is 0 Å². The zero-order valence-electron chi connectivity index (χ0n) is 12.4. The van der Waals surface area contributed by atoms with Crippen molar-refractivity contribution >= 4 is 5.91 Å². The molecule has 0 aliphatic heterocycles. The standard InChI is InChI=1S/C15H20N4O2/c1-11(2)15(3,21)8-17-14(20)12-4-6-13(7-5-12)19-10-16-9-18-19/h4-7,9-11,21H,8H2,1-3H3,(H,17,20). The molecule has 21 heavy (non-hydrogen) atoms. The predicted octanol–water partition coefficient (Wildman–Crippen LogP) is 1.40. The van der Waals surface area contributed by atoms with Gasteiger partial charge in [-0.15, -0.1) is 0 Å². The summed E-state index contributed by atoms with van der Waals surface area (Å²) in [6.45, 7) is 5.76. The maximum Gasteiger partial charge on any atom is 0.251 e. The van der Waals surface area contributed by atoms with Gasteiger partial charge in [0.25, 0.3) is 5.91 Å². The quantitative estimate of drug-likeness (QED) is 0.871. The van der Waals surface area contributed by atoms with Gasteiger partial charge in [0.2, 0.25) is 0 Å². The number of aromatic nitrogens is 3. The molecule has 1 atom stereocenters. The number of aliphatic hydroxyl groups is 1. The molecule has 1 aromatic heterocycles. The van der Waals surface area contributed by atoms with E-state index in [2.05, 4.69) is 15.4 Å². The second-order valence-corrected chi connectivity index (χ2v) is 5.58. The van der Waals surface area contributed by atoms with Crippen LogP contribution in [0.1, 0.15) is 31.1 Å². The van der Waals surface area contributed by atoms with Gasteiger partial charge in [-0.2, -0.15) is 5.10 Å². The fraction of sp³-hybridized carbons (Fsp3) is 0.400. The average Bonchev–Trinajstić information content (AvgIpc) is 2.99. The van der Waals surface area contributed by atoms with Gasteiger partial charge >= 0.3 is 0 Å². The molecular formula is C15H20N4O2. The van der Waals surface area contributed by atoms with E-state index in [1.807, 2.05) is 13.8 Å². The summed E-state index contributed by atoms with van der Waals surface area (Å²) in [5, 5.41) is 16.9. The monoisotopic (exact) mass is 288 g/mol. The maximum absolute atomic E-state index is 12.1. The van der Waals surface area contributed by atoms with Gasteiger partial charge < -0.3 is 10.4 Å². The Morgan fingerprint density at radius 2 is 2.05 bits per heavy atom. The predicted molar refractivity (Wildman–Crippen MR) is 79.2 cm³/mol. The Kier molecular flexibility index (Phi) is 4.37. The van der Waals surface area contributed by atoms with Crippen molar-refractivity contribution in [3.05, 3.63) is 42.5 Å². The molecule has 0 fully saturated rings. The minimum Gasteiger partial charge on any atom is -0.388 e. The molecule has 0 aliphatic rings. The maximum atomic E-state index is 12.1. The summed E-state index contributed by atoms with van der Waals surface area (Å²) in [6.07, 6.45) is 3.05. The summed E-state index contributed by atoms with van der Waals surface area (Å²) < 4.78 is 1.62. The normalized spacial score (nSPS) is 14.0. The van der Waals surface area contributed by atoms with Crippen LogP contribution in [-0.2, 0) is 0 Å². The topological polar surface area (TPSA) is 80.0 Å². The molecule has 0 aliphatic carbocycles. The third-order valence-electron chi connectivity index (χ3n) is 3.66. The van der Waals surface area contributed by atoms with Crippen LogP contribution < -0.4 is 5.32 Å². The van der Waals surface area contributed by atoms with Gasteiger partial charge in [-0.1, -0.05) is 13.8 Å². The highest BCUT2D eigenvalue weighted by atomic mass is 16.3. The number of nitrogens with one attached hydrogen (secondary N) is 1. The molecule has 0 spiro atoms. The molecule has 0 saturated heterocycles. The number of rotatable bonds is 5. The lowest BCUT2D eigenvalue weighted by Gasteiger charge is -2.27. The van der Waals surface area contributed by atoms with Gasteiger partial charge in [-0.25, -0.2) is 9.67 Å². The fourth-order valence-electron chi connectivity index (χ4n) is 1.67. The van der Waals surface area contributed by atoms with Gasteiger partial charge in [-0.05, 0) is 37.1 Å². The first kappa shape index (κ1) is 15.2. The second kappa shape index (κ2) is 6.05. The fourth-order valence-corrected chi connectivity index (χ4v) is 1.67. The van der Waals surface area contributed by atoms with E-state index in [1.54, 1.807) is 42.2 Å². The number of hydrogen-bond donors (Lipinski definition) is 2. The number of carbonyl (C=O) groups is 1. The Balaban J connectivity index is 2.01. The first-order valence-electron chi connectivity index (χ1n) is 6.86. The van der Waals surface area contributed by atoms with Crippen LogP contribution in [-0.4, -0.2) is 37.9 Å². The number of amides is 1. The van der Waals surface area contributed by atoms with E-state index in [9.17, 15) is 9.90 Å². The van der Waals surface area contributed by atoms with E-state index in [4.69, 9.17) is 0 Å². The molecule has 0 radical (unpaired) electrons. The molecule has 2 aromatic rings. The van der Waals surface area contributed by atoms with Crippen molar-refractivity contribution in [1.82, 2.24) is 20.1 Å². The van der Waals surface area contributed by atoms with Crippen molar-refractivity contribution in [3.8, 4) is 5.69 Å². The zero-order chi connectivity index (χ0) is 15.5. The first-order valence-corrected chi connectivity index (χ1v) is 6.86. The van der Waals surface area contributed by atoms with Gasteiger partial charge in [0, 0.05) is 12.1 Å². The second-order valence-electron chi connectivity index (χ2n) is 5.58. The number of benzene rings is 1. The minimum absolute atomic E-state index is 0.0625. The molecule has 1 amide bonds. The smallest absolute Gasteiger partial charge is 0.251 e. The van der Waals surface area contributed by atoms with E-state index < -0.39 is 5.60 Å².